The van der Waals surface area contributed by atoms with E-state index in [4.69, 9.17) is 15.6 Å². The third kappa shape index (κ3) is 3.89. The van der Waals surface area contributed by atoms with Gasteiger partial charge in [-0.1, -0.05) is 0 Å². The Bertz CT molecular complexity index is 436. The molecule has 0 aliphatic heterocycles. The topological polar surface area (TPSA) is 84.6 Å². The maximum absolute atomic E-state index is 13.4. The summed E-state index contributed by atoms with van der Waals surface area (Å²) in [6.45, 7) is 4.75. The summed E-state index contributed by atoms with van der Waals surface area (Å²) in [5, 5.41) is 11.6. The maximum Gasteiger partial charge on any atom is 0.338 e. The van der Waals surface area contributed by atoms with Crippen molar-refractivity contribution < 1.29 is 19.0 Å². The van der Waals surface area contributed by atoms with E-state index in [1.807, 2.05) is 13.8 Å². The molecule has 4 N–H and O–H groups in total. The summed E-state index contributed by atoms with van der Waals surface area (Å²) in [6.07, 6.45) is 0.121. The van der Waals surface area contributed by atoms with Gasteiger partial charge in [0.05, 0.1) is 29.6 Å². The molecule has 1 aromatic rings. The van der Waals surface area contributed by atoms with Crippen LogP contribution in [0.2, 0.25) is 0 Å². The number of nitrogens with one attached hydrogen (secondary N) is 1. The monoisotopic (exact) mass is 256 g/mol. The largest absolute Gasteiger partial charge is 0.478 e. The number of carbonyl (C=O) groups is 1. The molecule has 0 fully saturated rings. The van der Waals surface area contributed by atoms with Crippen molar-refractivity contribution in [3.63, 3.8) is 0 Å². The van der Waals surface area contributed by atoms with Crippen LogP contribution in [0.15, 0.2) is 12.1 Å². The smallest absolute Gasteiger partial charge is 0.338 e. The van der Waals surface area contributed by atoms with Crippen molar-refractivity contribution >= 4 is 17.3 Å². The van der Waals surface area contributed by atoms with Gasteiger partial charge in [0, 0.05) is 6.54 Å². The van der Waals surface area contributed by atoms with Crippen LogP contribution in [-0.2, 0) is 4.74 Å². The van der Waals surface area contributed by atoms with Crippen LogP contribution in [0.25, 0.3) is 0 Å². The highest BCUT2D eigenvalue weighted by atomic mass is 19.1. The average molecular weight is 256 g/mol. The van der Waals surface area contributed by atoms with Crippen LogP contribution >= 0.6 is 0 Å². The minimum Gasteiger partial charge on any atom is -0.478 e. The number of nitrogen functional groups attached to an aromatic ring is 1. The highest BCUT2D eigenvalue weighted by Gasteiger charge is 2.13. The molecule has 0 aromatic heterocycles. The lowest BCUT2D eigenvalue weighted by atomic mass is 10.1. The van der Waals surface area contributed by atoms with Gasteiger partial charge >= 0.3 is 5.97 Å². The first-order valence-corrected chi connectivity index (χ1v) is 5.59. The Hall–Kier alpha value is -1.82. The summed E-state index contributed by atoms with van der Waals surface area (Å²) in [6, 6.07) is 2.18. The summed E-state index contributed by atoms with van der Waals surface area (Å²) in [7, 11) is 0. The molecule has 0 radical (unpaired) electrons. The number of benzene rings is 1. The highest BCUT2D eigenvalue weighted by molar-refractivity contribution is 5.90. The van der Waals surface area contributed by atoms with Crippen molar-refractivity contribution in [2.45, 2.75) is 20.0 Å². The number of halogens is 1. The second-order valence-corrected chi connectivity index (χ2v) is 4.07. The van der Waals surface area contributed by atoms with Gasteiger partial charge in [0.1, 0.15) is 5.82 Å². The van der Waals surface area contributed by atoms with E-state index < -0.39 is 17.3 Å². The molecule has 0 spiro atoms. The number of carboxylic acids is 1. The van der Waals surface area contributed by atoms with E-state index in [-0.39, 0.29) is 11.8 Å². The number of hydrogen-bond donors (Lipinski definition) is 3. The van der Waals surface area contributed by atoms with Gasteiger partial charge in [0.25, 0.3) is 0 Å². The molecule has 0 saturated heterocycles. The maximum atomic E-state index is 13.4. The van der Waals surface area contributed by atoms with Gasteiger partial charge in [-0.25, -0.2) is 9.18 Å². The predicted octanol–water partition coefficient (Wildman–Crippen LogP) is 1.94. The molecule has 0 saturated carbocycles. The number of anilines is 2. The van der Waals surface area contributed by atoms with Crippen molar-refractivity contribution in [3.8, 4) is 0 Å². The number of aromatic carboxylic acids is 1. The van der Waals surface area contributed by atoms with Crippen LogP contribution in [0.3, 0.4) is 0 Å². The third-order valence-electron chi connectivity index (χ3n) is 2.24. The summed E-state index contributed by atoms with van der Waals surface area (Å²) < 4.78 is 18.7. The van der Waals surface area contributed by atoms with E-state index in [1.165, 1.54) is 0 Å². The summed E-state index contributed by atoms with van der Waals surface area (Å²) in [5.74, 6) is -2.15. The zero-order chi connectivity index (χ0) is 13.7. The number of ether oxygens (including phenoxy) is 1. The Balaban J connectivity index is 2.67. The molecule has 0 aliphatic carbocycles. The molecule has 0 bridgehead atoms. The SMILES string of the molecule is CC(C)OCCNc1cc(F)c(C(=O)O)cc1N. The average Bonchev–Trinajstić information content (AvgIpc) is 2.27. The normalized spacial score (nSPS) is 10.7. The van der Waals surface area contributed by atoms with Crippen molar-refractivity contribution in [2.75, 3.05) is 24.2 Å². The molecule has 0 aliphatic rings. The Morgan fingerprint density at radius 3 is 2.78 bits per heavy atom. The lowest BCUT2D eigenvalue weighted by Gasteiger charge is -2.12. The minimum absolute atomic E-state index is 0.121. The fourth-order valence-electron chi connectivity index (χ4n) is 1.39. The summed E-state index contributed by atoms with van der Waals surface area (Å²) >= 11 is 0. The van der Waals surface area contributed by atoms with Gasteiger partial charge in [-0.05, 0) is 26.0 Å². The van der Waals surface area contributed by atoms with Crippen molar-refractivity contribution in [3.05, 3.63) is 23.5 Å². The Kier molecular flexibility index (Phi) is 4.91. The predicted molar refractivity (Wildman–Crippen MR) is 67.3 cm³/mol. The van der Waals surface area contributed by atoms with Gasteiger partial charge in [-0.15, -0.1) is 0 Å². The van der Waals surface area contributed by atoms with Crippen LogP contribution in [0.1, 0.15) is 24.2 Å². The molecule has 5 nitrogen and oxygen atoms in total. The molecular weight excluding hydrogens is 239 g/mol. The zero-order valence-corrected chi connectivity index (χ0v) is 10.4. The molecular formula is C12H17FN2O3. The first-order valence-electron chi connectivity index (χ1n) is 5.59. The molecule has 1 aromatic carbocycles. The van der Waals surface area contributed by atoms with Gasteiger partial charge in [-0.2, -0.15) is 0 Å². The number of rotatable bonds is 6. The molecule has 0 amide bonds. The van der Waals surface area contributed by atoms with Gasteiger partial charge in [-0.3, -0.25) is 0 Å². The highest BCUT2D eigenvalue weighted by Crippen LogP contribution is 2.22. The van der Waals surface area contributed by atoms with Crippen LogP contribution in [0.4, 0.5) is 15.8 Å². The van der Waals surface area contributed by atoms with E-state index in [0.29, 0.717) is 18.8 Å². The molecule has 0 heterocycles. The lowest BCUT2D eigenvalue weighted by molar-refractivity contribution is 0.0692. The van der Waals surface area contributed by atoms with E-state index in [0.717, 1.165) is 12.1 Å². The van der Waals surface area contributed by atoms with Crippen molar-refractivity contribution in [2.24, 2.45) is 0 Å². The summed E-state index contributed by atoms with van der Waals surface area (Å²) in [5.41, 5.74) is 5.76. The Labute approximate surface area is 105 Å². The molecule has 18 heavy (non-hydrogen) atoms. The fraction of sp³-hybridized carbons (Fsp3) is 0.417. The number of hydrogen-bond acceptors (Lipinski definition) is 4. The van der Waals surface area contributed by atoms with Crippen LogP contribution in [-0.4, -0.2) is 30.3 Å². The molecule has 6 heteroatoms. The van der Waals surface area contributed by atoms with Crippen molar-refractivity contribution in [1.29, 1.82) is 0 Å². The molecule has 1 rings (SSSR count). The first kappa shape index (κ1) is 14.2. The Morgan fingerprint density at radius 2 is 2.22 bits per heavy atom. The fourth-order valence-corrected chi connectivity index (χ4v) is 1.39. The number of carboxylic acid groups (broad SMARTS) is 1. The second-order valence-electron chi connectivity index (χ2n) is 4.07. The quantitative estimate of drug-likeness (QED) is 0.535. The molecule has 0 atom stereocenters. The molecule has 0 unspecified atom stereocenters. The van der Waals surface area contributed by atoms with E-state index in [9.17, 15) is 9.18 Å². The summed E-state index contributed by atoms with van der Waals surface area (Å²) in [4.78, 5) is 10.7. The standard InChI is InChI=1S/C12H17FN2O3/c1-7(2)18-4-3-15-11-6-9(13)8(12(16)17)5-10(11)14/h5-7,15H,3-4,14H2,1-2H3,(H,16,17). The lowest BCUT2D eigenvalue weighted by Crippen LogP contribution is -2.14. The van der Waals surface area contributed by atoms with Gasteiger partial charge in [0.15, 0.2) is 0 Å². The third-order valence-corrected chi connectivity index (χ3v) is 2.24. The van der Waals surface area contributed by atoms with Crippen molar-refractivity contribution in [1.82, 2.24) is 0 Å². The minimum atomic E-state index is -1.34. The van der Waals surface area contributed by atoms with Gasteiger partial charge in [0.2, 0.25) is 0 Å². The Morgan fingerprint density at radius 1 is 1.56 bits per heavy atom. The van der Waals surface area contributed by atoms with E-state index >= 15 is 0 Å². The zero-order valence-electron chi connectivity index (χ0n) is 10.4. The molecule has 100 valence electrons. The van der Waals surface area contributed by atoms with Crippen LogP contribution < -0.4 is 11.1 Å². The van der Waals surface area contributed by atoms with Gasteiger partial charge < -0.3 is 20.9 Å². The van der Waals surface area contributed by atoms with Crippen LogP contribution in [0.5, 0.6) is 0 Å². The van der Waals surface area contributed by atoms with Crippen LogP contribution in [0, 0.1) is 5.82 Å². The van der Waals surface area contributed by atoms with E-state index in [2.05, 4.69) is 5.32 Å². The number of nitrogens with two attached hydrogens (primary N) is 1. The van der Waals surface area contributed by atoms with E-state index in [1.54, 1.807) is 0 Å². The second kappa shape index (κ2) is 6.20. The first-order chi connectivity index (χ1) is 8.41.